The van der Waals surface area contributed by atoms with Gasteiger partial charge in [0.25, 0.3) is 5.89 Å². The van der Waals surface area contributed by atoms with E-state index >= 15 is 0 Å². The number of hydrogen-bond acceptors (Lipinski definition) is 7. The number of thioether (sulfide) groups is 1. The molecule has 0 saturated carbocycles. The van der Waals surface area contributed by atoms with E-state index in [2.05, 4.69) is 26.1 Å². The van der Waals surface area contributed by atoms with Gasteiger partial charge in [0.15, 0.2) is 6.61 Å². The average Bonchev–Trinajstić information content (AvgIpc) is 3.15. The Bertz CT molecular complexity index is 912. The SMILES string of the molecule is COc1cc(SC)ccc1C(=O)OCc1nnc(-c2ccc(Br)cc2)o1. The number of carbonyl (C=O) groups is 1. The molecule has 0 amide bonds. The first-order valence-corrected chi connectivity index (χ1v) is 9.60. The molecule has 3 aromatic rings. The van der Waals surface area contributed by atoms with Gasteiger partial charge in [0.05, 0.1) is 7.11 Å². The van der Waals surface area contributed by atoms with Crippen molar-refractivity contribution in [2.75, 3.05) is 13.4 Å². The molecule has 1 aromatic heterocycles. The summed E-state index contributed by atoms with van der Waals surface area (Å²) < 4.78 is 17.0. The Hall–Kier alpha value is -2.32. The summed E-state index contributed by atoms with van der Waals surface area (Å²) in [5.41, 5.74) is 1.13. The third kappa shape index (κ3) is 4.25. The summed E-state index contributed by atoms with van der Waals surface area (Å²) in [4.78, 5) is 13.3. The van der Waals surface area contributed by atoms with Crippen LogP contribution in [-0.2, 0) is 11.3 Å². The molecule has 0 N–H and O–H groups in total. The van der Waals surface area contributed by atoms with E-state index in [-0.39, 0.29) is 12.5 Å². The van der Waals surface area contributed by atoms with Crippen molar-refractivity contribution in [1.29, 1.82) is 0 Å². The number of ether oxygens (including phenoxy) is 2. The van der Waals surface area contributed by atoms with E-state index in [9.17, 15) is 4.79 Å². The van der Waals surface area contributed by atoms with Gasteiger partial charge >= 0.3 is 5.97 Å². The van der Waals surface area contributed by atoms with Gasteiger partial charge in [0, 0.05) is 14.9 Å². The molecule has 0 aliphatic rings. The Kier molecular flexibility index (Phi) is 5.95. The van der Waals surface area contributed by atoms with Crippen molar-refractivity contribution in [3.05, 3.63) is 58.4 Å². The van der Waals surface area contributed by atoms with Crippen molar-refractivity contribution >= 4 is 33.7 Å². The average molecular weight is 435 g/mol. The number of halogens is 1. The summed E-state index contributed by atoms with van der Waals surface area (Å²) in [6.07, 6.45) is 1.95. The monoisotopic (exact) mass is 434 g/mol. The molecule has 26 heavy (non-hydrogen) atoms. The zero-order valence-corrected chi connectivity index (χ0v) is 16.5. The lowest BCUT2D eigenvalue weighted by Crippen LogP contribution is -2.07. The van der Waals surface area contributed by atoms with Gasteiger partial charge in [0.1, 0.15) is 11.3 Å². The van der Waals surface area contributed by atoms with Crippen molar-refractivity contribution in [3.63, 3.8) is 0 Å². The molecule has 0 fully saturated rings. The third-order valence-corrected chi connectivity index (χ3v) is 4.77. The van der Waals surface area contributed by atoms with Crippen molar-refractivity contribution in [3.8, 4) is 17.2 Å². The quantitative estimate of drug-likeness (QED) is 0.414. The van der Waals surface area contributed by atoms with Crippen LogP contribution in [0.15, 0.2) is 56.2 Å². The normalized spacial score (nSPS) is 10.6. The van der Waals surface area contributed by atoms with Gasteiger partial charge in [-0.1, -0.05) is 15.9 Å². The van der Waals surface area contributed by atoms with Gasteiger partial charge in [-0.15, -0.1) is 22.0 Å². The Labute approximate surface area is 163 Å². The van der Waals surface area contributed by atoms with Crippen LogP contribution in [0.4, 0.5) is 0 Å². The molecule has 0 bridgehead atoms. The predicted molar refractivity (Wildman–Crippen MR) is 101 cm³/mol. The first-order chi connectivity index (χ1) is 12.6. The van der Waals surface area contributed by atoms with Gasteiger partial charge < -0.3 is 13.9 Å². The Morgan fingerprint density at radius 2 is 1.96 bits per heavy atom. The molecule has 2 aromatic carbocycles. The molecule has 6 nitrogen and oxygen atoms in total. The van der Waals surface area contributed by atoms with Crippen LogP contribution in [0.2, 0.25) is 0 Å². The summed E-state index contributed by atoms with van der Waals surface area (Å²) in [6.45, 7) is -0.115. The molecule has 0 radical (unpaired) electrons. The Morgan fingerprint density at radius 1 is 1.19 bits per heavy atom. The molecule has 1 heterocycles. The van der Waals surface area contributed by atoms with Crippen LogP contribution in [0, 0.1) is 0 Å². The number of aromatic nitrogens is 2. The largest absolute Gasteiger partial charge is 0.496 e. The number of nitrogens with zero attached hydrogens (tertiary/aromatic N) is 2. The first-order valence-electron chi connectivity index (χ1n) is 7.58. The fourth-order valence-corrected chi connectivity index (χ4v) is 2.89. The van der Waals surface area contributed by atoms with Crippen LogP contribution < -0.4 is 4.74 Å². The number of methoxy groups -OCH3 is 1. The number of rotatable bonds is 6. The molecular formula is C18H15BrN2O4S. The Balaban J connectivity index is 1.68. The fourth-order valence-electron chi connectivity index (χ4n) is 2.19. The lowest BCUT2D eigenvalue weighted by molar-refractivity contribution is 0.0435. The molecule has 0 saturated heterocycles. The molecule has 0 unspecified atom stereocenters. The smallest absolute Gasteiger partial charge is 0.342 e. The molecule has 0 spiro atoms. The van der Waals surface area contributed by atoms with Crippen molar-refractivity contribution in [2.24, 2.45) is 0 Å². The highest BCUT2D eigenvalue weighted by molar-refractivity contribution is 9.10. The van der Waals surface area contributed by atoms with Crippen molar-refractivity contribution in [1.82, 2.24) is 10.2 Å². The van der Waals surface area contributed by atoms with E-state index in [0.717, 1.165) is 14.9 Å². The van der Waals surface area contributed by atoms with Crippen LogP contribution in [0.25, 0.3) is 11.5 Å². The molecule has 134 valence electrons. The minimum absolute atomic E-state index is 0.115. The maximum Gasteiger partial charge on any atom is 0.342 e. The first kappa shape index (κ1) is 18.5. The van der Waals surface area contributed by atoms with Crippen LogP contribution in [0.5, 0.6) is 5.75 Å². The van der Waals surface area contributed by atoms with E-state index in [4.69, 9.17) is 13.9 Å². The lowest BCUT2D eigenvalue weighted by atomic mass is 10.2. The number of hydrogen-bond donors (Lipinski definition) is 0. The van der Waals surface area contributed by atoms with Crippen LogP contribution >= 0.6 is 27.7 Å². The van der Waals surface area contributed by atoms with Gasteiger partial charge in [-0.2, -0.15) is 0 Å². The van der Waals surface area contributed by atoms with Crippen LogP contribution in [0.3, 0.4) is 0 Å². The van der Waals surface area contributed by atoms with E-state index in [1.165, 1.54) is 7.11 Å². The van der Waals surface area contributed by atoms with E-state index in [0.29, 0.717) is 17.2 Å². The summed E-state index contributed by atoms with van der Waals surface area (Å²) >= 11 is 4.93. The standard InChI is InChI=1S/C18H15BrN2O4S/c1-23-15-9-13(26-2)7-8-14(15)18(22)24-10-16-20-21-17(25-16)11-3-5-12(19)6-4-11/h3-9H,10H2,1-2H3. The molecule has 8 heteroatoms. The highest BCUT2D eigenvalue weighted by Crippen LogP contribution is 2.26. The predicted octanol–water partition coefficient (Wildman–Crippen LogP) is 4.59. The number of carbonyl (C=O) groups excluding carboxylic acids is 1. The zero-order valence-electron chi connectivity index (χ0n) is 14.1. The summed E-state index contributed by atoms with van der Waals surface area (Å²) in [5.74, 6) is 0.530. The Morgan fingerprint density at radius 3 is 2.65 bits per heavy atom. The summed E-state index contributed by atoms with van der Waals surface area (Å²) in [7, 11) is 1.51. The second-order valence-electron chi connectivity index (χ2n) is 5.15. The fraction of sp³-hybridized carbons (Fsp3) is 0.167. The van der Waals surface area contributed by atoms with E-state index < -0.39 is 5.97 Å². The third-order valence-electron chi connectivity index (χ3n) is 3.51. The second kappa shape index (κ2) is 8.37. The maximum atomic E-state index is 12.3. The lowest BCUT2D eigenvalue weighted by Gasteiger charge is -2.09. The van der Waals surface area contributed by atoms with Gasteiger partial charge in [-0.25, -0.2) is 4.79 Å². The highest BCUT2D eigenvalue weighted by Gasteiger charge is 2.16. The summed E-state index contributed by atoms with van der Waals surface area (Å²) in [6, 6.07) is 12.8. The molecular weight excluding hydrogens is 420 g/mol. The van der Waals surface area contributed by atoms with Crippen LogP contribution in [0.1, 0.15) is 16.2 Å². The van der Waals surface area contributed by atoms with Gasteiger partial charge in [-0.05, 0) is 48.7 Å². The van der Waals surface area contributed by atoms with Crippen molar-refractivity contribution < 1.29 is 18.7 Å². The van der Waals surface area contributed by atoms with E-state index in [1.54, 1.807) is 23.9 Å². The topological polar surface area (TPSA) is 74.5 Å². The molecule has 0 atom stereocenters. The number of benzene rings is 2. The highest BCUT2D eigenvalue weighted by atomic mass is 79.9. The number of esters is 1. The minimum atomic E-state index is -0.516. The second-order valence-corrected chi connectivity index (χ2v) is 6.95. The van der Waals surface area contributed by atoms with Crippen LogP contribution in [-0.4, -0.2) is 29.5 Å². The summed E-state index contributed by atoms with van der Waals surface area (Å²) in [5, 5.41) is 7.88. The van der Waals surface area contributed by atoms with E-state index in [1.807, 2.05) is 36.6 Å². The minimum Gasteiger partial charge on any atom is -0.496 e. The molecule has 0 aliphatic heterocycles. The molecule has 0 aliphatic carbocycles. The van der Waals surface area contributed by atoms with Crippen molar-refractivity contribution in [2.45, 2.75) is 11.5 Å². The van der Waals surface area contributed by atoms with Gasteiger partial charge in [-0.3, -0.25) is 0 Å². The zero-order chi connectivity index (χ0) is 18.5. The molecule has 3 rings (SSSR count). The van der Waals surface area contributed by atoms with Gasteiger partial charge in [0.2, 0.25) is 5.89 Å². The maximum absolute atomic E-state index is 12.3.